The normalized spacial score (nSPS) is 31.6. The number of hydrogen-bond acceptors (Lipinski definition) is 3. The summed E-state index contributed by atoms with van der Waals surface area (Å²) in [5.41, 5.74) is 0. The van der Waals surface area contributed by atoms with Crippen LogP contribution in [0.25, 0.3) is 0 Å². The molecule has 2 aliphatic rings. The molecule has 4 nitrogen and oxygen atoms in total. The standard InChI is InChI=1S/C15H24GeO4/c1-4-16(5-2,6-3)20-15(19)13-11-8-7-10(9-11)12(13)14(17)18/h7-8,10-13H,4-6,9H2,1-3H3,(H,17,18). The molecule has 4 unspecified atom stereocenters. The van der Waals surface area contributed by atoms with Crippen molar-refractivity contribution < 1.29 is 18.5 Å². The van der Waals surface area contributed by atoms with Crippen molar-refractivity contribution in [2.45, 2.75) is 43.0 Å². The van der Waals surface area contributed by atoms with E-state index in [0.29, 0.717) is 0 Å². The van der Waals surface area contributed by atoms with Crippen molar-refractivity contribution >= 4 is 25.5 Å². The molecule has 1 saturated carbocycles. The third kappa shape index (κ3) is 2.54. The van der Waals surface area contributed by atoms with Gasteiger partial charge in [-0.1, -0.05) is 0 Å². The second kappa shape index (κ2) is 5.92. The number of rotatable bonds is 6. The Labute approximate surface area is 123 Å². The molecule has 0 aromatic carbocycles. The first-order valence-electron chi connectivity index (χ1n) is 7.62. The molecule has 20 heavy (non-hydrogen) atoms. The maximum absolute atomic E-state index is 12.6. The molecule has 4 atom stereocenters. The van der Waals surface area contributed by atoms with Crippen LogP contribution in [0, 0.1) is 23.7 Å². The van der Waals surface area contributed by atoms with Crippen LogP contribution in [0.15, 0.2) is 12.2 Å². The summed E-state index contributed by atoms with van der Waals surface area (Å²) in [4.78, 5) is 24.0. The molecule has 0 aromatic heterocycles. The number of fused-ring (bicyclic) bond motifs is 2. The fourth-order valence-corrected chi connectivity index (χ4v) is 8.96. The van der Waals surface area contributed by atoms with Crippen LogP contribution in [0.3, 0.4) is 0 Å². The molecule has 2 bridgehead atoms. The van der Waals surface area contributed by atoms with Gasteiger partial charge in [0.15, 0.2) is 0 Å². The van der Waals surface area contributed by atoms with Crippen molar-refractivity contribution in [3.63, 3.8) is 0 Å². The minimum absolute atomic E-state index is 0.0156. The summed E-state index contributed by atoms with van der Waals surface area (Å²) < 4.78 is 5.95. The number of carbonyl (C=O) groups excluding carboxylic acids is 1. The first-order chi connectivity index (χ1) is 9.48. The molecule has 0 aromatic rings. The summed E-state index contributed by atoms with van der Waals surface area (Å²) >= 11 is -2.56. The Balaban J connectivity index is 2.16. The van der Waals surface area contributed by atoms with Gasteiger partial charge in [-0.25, -0.2) is 0 Å². The summed E-state index contributed by atoms with van der Waals surface area (Å²) in [7, 11) is 0. The number of hydrogen-bond donors (Lipinski definition) is 1. The Hall–Kier alpha value is -0.777. The molecule has 1 N–H and O–H groups in total. The van der Waals surface area contributed by atoms with E-state index >= 15 is 0 Å². The molecule has 0 radical (unpaired) electrons. The van der Waals surface area contributed by atoms with Gasteiger partial charge in [0, 0.05) is 0 Å². The van der Waals surface area contributed by atoms with Crippen LogP contribution in [0.5, 0.6) is 0 Å². The van der Waals surface area contributed by atoms with Gasteiger partial charge in [0.05, 0.1) is 0 Å². The molecular weight excluding hydrogens is 317 g/mol. The molecule has 112 valence electrons. The second-order valence-corrected chi connectivity index (χ2v) is 15.8. The van der Waals surface area contributed by atoms with E-state index < -0.39 is 31.4 Å². The average Bonchev–Trinajstić information content (AvgIpc) is 3.05. The summed E-state index contributed by atoms with van der Waals surface area (Å²) in [5, 5.41) is 12.3. The van der Waals surface area contributed by atoms with Gasteiger partial charge in [-0.15, -0.1) is 0 Å². The van der Waals surface area contributed by atoms with E-state index in [1.54, 1.807) is 0 Å². The zero-order chi connectivity index (χ0) is 14.9. The molecule has 0 saturated heterocycles. The summed E-state index contributed by atoms with van der Waals surface area (Å²) in [6.07, 6.45) is 4.76. The van der Waals surface area contributed by atoms with E-state index in [-0.39, 0.29) is 17.8 Å². The molecule has 5 heteroatoms. The molecule has 0 spiro atoms. The van der Waals surface area contributed by atoms with Crippen LogP contribution in [0.4, 0.5) is 0 Å². The molecule has 1 fully saturated rings. The van der Waals surface area contributed by atoms with Crippen molar-refractivity contribution in [3.05, 3.63) is 12.2 Å². The minimum atomic E-state index is -2.56. The Morgan fingerprint density at radius 1 is 1.10 bits per heavy atom. The number of carboxylic acids is 1. The summed E-state index contributed by atoms with van der Waals surface area (Å²) in [5.74, 6) is -2.05. The van der Waals surface area contributed by atoms with Crippen LogP contribution >= 0.6 is 0 Å². The van der Waals surface area contributed by atoms with Gasteiger partial charge in [0.1, 0.15) is 0 Å². The number of carbonyl (C=O) groups is 2. The predicted octanol–water partition coefficient (Wildman–Crippen LogP) is 3.06. The zero-order valence-corrected chi connectivity index (χ0v) is 14.6. The van der Waals surface area contributed by atoms with Gasteiger partial charge in [-0.3, -0.25) is 0 Å². The van der Waals surface area contributed by atoms with E-state index in [2.05, 4.69) is 20.8 Å². The van der Waals surface area contributed by atoms with Crippen molar-refractivity contribution in [3.8, 4) is 0 Å². The van der Waals surface area contributed by atoms with Crippen molar-refractivity contribution in [2.75, 3.05) is 0 Å². The Bertz CT molecular complexity index is 419. The Morgan fingerprint density at radius 3 is 2.05 bits per heavy atom. The number of allylic oxidation sites excluding steroid dienone is 2. The van der Waals surface area contributed by atoms with E-state index in [9.17, 15) is 14.7 Å². The topological polar surface area (TPSA) is 63.6 Å². The summed E-state index contributed by atoms with van der Waals surface area (Å²) in [6.45, 7) is 6.28. The first kappa shape index (κ1) is 15.6. The van der Waals surface area contributed by atoms with Gasteiger partial charge in [0.2, 0.25) is 0 Å². The Morgan fingerprint density at radius 2 is 1.60 bits per heavy atom. The molecule has 0 heterocycles. The second-order valence-electron chi connectivity index (χ2n) is 6.00. The van der Waals surface area contributed by atoms with Crippen molar-refractivity contribution in [1.82, 2.24) is 0 Å². The Kier molecular flexibility index (Phi) is 4.62. The molecule has 0 aliphatic heterocycles. The average molecular weight is 341 g/mol. The monoisotopic (exact) mass is 342 g/mol. The third-order valence-corrected chi connectivity index (χ3v) is 14.7. The van der Waals surface area contributed by atoms with Gasteiger partial charge >= 0.3 is 123 Å². The van der Waals surface area contributed by atoms with Gasteiger partial charge in [-0.2, -0.15) is 0 Å². The molecule has 2 rings (SSSR count). The quantitative estimate of drug-likeness (QED) is 0.596. The first-order valence-corrected chi connectivity index (χ1v) is 12.9. The van der Waals surface area contributed by atoms with Crippen molar-refractivity contribution in [2.24, 2.45) is 23.7 Å². The fourth-order valence-electron chi connectivity index (χ4n) is 3.73. The van der Waals surface area contributed by atoms with Gasteiger partial charge in [0.25, 0.3) is 0 Å². The summed E-state index contributed by atoms with van der Waals surface area (Å²) in [6, 6.07) is 0. The van der Waals surface area contributed by atoms with Crippen LogP contribution in [0.2, 0.25) is 15.8 Å². The van der Waals surface area contributed by atoms with E-state index in [0.717, 1.165) is 22.2 Å². The van der Waals surface area contributed by atoms with Gasteiger partial charge in [-0.05, 0) is 0 Å². The molecule has 2 aliphatic carbocycles. The van der Waals surface area contributed by atoms with Crippen LogP contribution in [0.1, 0.15) is 27.2 Å². The van der Waals surface area contributed by atoms with Gasteiger partial charge < -0.3 is 0 Å². The third-order valence-electron chi connectivity index (χ3n) is 5.27. The van der Waals surface area contributed by atoms with E-state index in [1.807, 2.05) is 12.2 Å². The molecular formula is C15H24GeO4. The SMILES string of the molecule is C[CH2][Ge]([CH2]C)([CH2]C)[O]C(=O)C1C2C=CC(C2)C1C(=O)O. The van der Waals surface area contributed by atoms with Crippen molar-refractivity contribution in [1.29, 1.82) is 0 Å². The van der Waals surface area contributed by atoms with Crippen LogP contribution < -0.4 is 0 Å². The van der Waals surface area contributed by atoms with Crippen LogP contribution in [-0.2, 0) is 13.4 Å². The predicted molar refractivity (Wildman–Crippen MR) is 78.6 cm³/mol. The van der Waals surface area contributed by atoms with E-state index in [1.165, 1.54) is 0 Å². The zero-order valence-electron chi connectivity index (χ0n) is 12.5. The maximum atomic E-state index is 12.6. The van der Waals surface area contributed by atoms with Crippen LogP contribution in [-0.4, -0.2) is 30.6 Å². The number of aliphatic carboxylic acids is 1. The molecule has 0 amide bonds. The van der Waals surface area contributed by atoms with E-state index in [4.69, 9.17) is 3.76 Å². The fraction of sp³-hybridized carbons (Fsp3) is 0.733. The number of carboxylic acid groups (broad SMARTS) is 1.